The molecule has 112 valence electrons. The maximum Gasteiger partial charge on any atom is 0.513 e. The lowest BCUT2D eigenvalue weighted by atomic mass is 9.78. The number of likely N-dealkylation sites (N-methyl/N-ethyl adjacent to an activating group) is 1. The number of ether oxygens (including phenoxy) is 2. The first kappa shape index (κ1) is 15.2. The molecule has 0 radical (unpaired) electrons. The van der Waals surface area contributed by atoms with Crippen LogP contribution in [0.2, 0.25) is 0 Å². The van der Waals surface area contributed by atoms with E-state index in [1.54, 1.807) is 13.0 Å². The summed E-state index contributed by atoms with van der Waals surface area (Å²) in [7, 11) is 1.95. The molecule has 0 aromatic heterocycles. The summed E-state index contributed by atoms with van der Waals surface area (Å²) < 4.78 is 49.8. The highest BCUT2D eigenvalue weighted by atomic mass is 19.4. The van der Waals surface area contributed by atoms with E-state index in [4.69, 9.17) is 9.47 Å². The van der Waals surface area contributed by atoms with Gasteiger partial charge in [0.05, 0.1) is 12.4 Å². The molecule has 1 unspecified atom stereocenters. The summed E-state index contributed by atoms with van der Waals surface area (Å²) in [4.78, 5) is 2.07. The molecule has 2 rings (SSSR count). The van der Waals surface area contributed by atoms with Gasteiger partial charge in [-0.25, -0.2) is 0 Å². The number of benzene rings is 1. The Bertz CT molecular complexity index is 467. The molecule has 1 aliphatic rings. The topological polar surface area (TPSA) is 21.7 Å². The van der Waals surface area contributed by atoms with E-state index in [2.05, 4.69) is 4.90 Å². The van der Waals surface area contributed by atoms with Crippen molar-refractivity contribution in [1.29, 1.82) is 0 Å². The van der Waals surface area contributed by atoms with Crippen LogP contribution in [0.4, 0.5) is 12.9 Å². The minimum Gasteiger partial charge on any atom is -0.494 e. The van der Waals surface area contributed by atoms with Crippen molar-refractivity contribution in [3.63, 3.8) is 0 Å². The van der Waals surface area contributed by atoms with Gasteiger partial charge in [-0.05, 0) is 20.0 Å². The molecule has 0 bridgehead atoms. The number of halogens is 3. The van der Waals surface area contributed by atoms with Crippen molar-refractivity contribution in [3.05, 3.63) is 23.8 Å². The molecule has 1 fully saturated rings. The lowest BCUT2D eigenvalue weighted by Crippen LogP contribution is -2.43. The van der Waals surface area contributed by atoms with Crippen LogP contribution < -0.4 is 10.2 Å². The zero-order chi connectivity index (χ0) is 14.8. The van der Waals surface area contributed by atoms with Gasteiger partial charge < -0.3 is 27.3 Å². The van der Waals surface area contributed by atoms with Gasteiger partial charge in [-0.15, -0.1) is 0 Å². The maximum absolute atomic E-state index is 13.0. The van der Waals surface area contributed by atoms with Crippen molar-refractivity contribution >= 4 is 12.4 Å². The van der Waals surface area contributed by atoms with Crippen LogP contribution in [-0.4, -0.2) is 51.3 Å². The maximum atomic E-state index is 13.0. The molecule has 0 spiro atoms. The lowest BCUT2D eigenvalue weighted by molar-refractivity contribution is -0.0402. The minimum absolute atomic E-state index is 0.111. The third-order valence-corrected chi connectivity index (χ3v) is 3.28. The monoisotopic (exact) mass is 288 g/mol. The SMILES string of the molecule is Cc1ccc(OCC2CN(C)CCO2)c([B-](F)(F)F)c1. The molecule has 1 heterocycles. The molecule has 1 atom stereocenters. The fourth-order valence-electron chi connectivity index (χ4n) is 2.21. The Morgan fingerprint density at radius 3 is 2.80 bits per heavy atom. The Morgan fingerprint density at radius 1 is 1.40 bits per heavy atom. The average molecular weight is 288 g/mol. The summed E-state index contributed by atoms with van der Waals surface area (Å²) in [5.41, 5.74) is -0.102. The first-order valence-electron chi connectivity index (χ1n) is 6.59. The van der Waals surface area contributed by atoms with Crippen molar-refractivity contribution in [1.82, 2.24) is 4.90 Å². The molecule has 0 amide bonds. The number of nitrogens with zero attached hydrogens (tertiary/aromatic N) is 1. The Labute approximate surface area is 116 Å². The van der Waals surface area contributed by atoms with Gasteiger partial charge in [0.15, 0.2) is 0 Å². The third-order valence-electron chi connectivity index (χ3n) is 3.28. The highest BCUT2D eigenvalue weighted by Gasteiger charge is 2.30. The molecule has 0 saturated carbocycles. The number of hydrogen-bond donors (Lipinski definition) is 0. The average Bonchev–Trinajstić information content (AvgIpc) is 2.36. The first-order valence-corrected chi connectivity index (χ1v) is 6.59. The molecule has 0 aliphatic carbocycles. The molecule has 3 nitrogen and oxygen atoms in total. The van der Waals surface area contributed by atoms with Crippen LogP contribution in [0.3, 0.4) is 0 Å². The van der Waals surface area contributed by atoms with Crippen LogP contribution in [0.25, 0.3) is 0 Å². The van der Waals surface area contributed by atoms with Crippen LogP contribution in [0.5, 0.6) is 5.75 Å². The summed E-state index contributed by atoms with van der Waals surface area (Å²) in [5.74, 6) is -0.111. The Kier molecular flexibility index (Phi) is 4.60. The molecule has 1 aromatic carbocycles. The van der Waals surface area contributed by atoms with Gasteiger partial charge in [0.25, 0.3) is 0 Å². The second kappa shape index (κ2) is 6.05. The largest absolute Gasteiger partial charge is 0.513 e. The smallest absolute Gasteiger partial charge is 0.494 e. The van der Waals surface area contributed by atoms with E-state index in [1.165, 1.54) is 6.07 Å². The Morgan fingerprint density at radius 2 is 2.15 bits per heavy atom. The van der Waals surface area contributed by atoms with Gasteiger partial charge in [0.1, 0.15) is 12.7 Å². The molecule has 7 heteroatoms. The van der Waals surface area contributed by atoms with Gasteiger partial charge in [0, 0.05) is 13.1 Å². The number of aryl methyl sites for hydroxylation is 1. The number of hydrogen-bond acceptors (Lipinski definition) is 3. The molecule has 0 N–H and O–H groups in total. The summed E-state index contributed by atoms with van der Waals surface area (Å²) in [6.45, 7) is -1.24. The van der Waals surface area contributed by atoms with Gasteiger partial charge in [-0.3, -0.25) is 0 Å². The van der Waals surface area contributed by atoms with Gasteiger partial charge in [-0.2, -0.15) is 0 Å². The Balaban J connectivity index is 2.05. The summed E-state index contributed by atoms with van der Waals surface area (Å²) in [6, 6.07) is 4.13. The van der Waals surface area contributed by atoms with E-state index in [0.29, 0.717) is 18.7 Å². The fourth-order valence-corrected chi connectivity index (χ4v) is 2.21. The van der Waals surface area contributed by atoms with Crippen molar-refractivity contribution in [2.24, 2.45) is 0 Å². The summed E-state index contributed by atoms with van der Waals surface area (Å²) in [6.07, 6.45) is -0.191. The van der Waals surface area contributed by atoms with E-state index in [1.807, 2.05) is 7.05 Å². The molecule has 1 aromatic rings. The molecule has 20 heavy (non-hydrogen) atoms. The highest BCUT2D eigenvalue weighted by Crippen LogP contribution is 2.19. The van der Waals surface area contributed by atoms with Crippen LogP contribution in [0, 0.1) is 6.92 Å². The van der Waals surface area contributed by atoms with Crippen molar-refractivity contribution in [2.45, 2.75) is 13.0 Å². The normalized spacial score (nSPS) is 20.9. The van der Waals surface area contributed by atoms with Crippen molar-refractivity contribution in [2.75, 3.05) is 33.4 Å². The second-order valence-corrected chi connectivity index (χ2v) is 5.18. The number of rotatable bonds is 4. The van der Waals surface area contributed by atoms with E-state index in [0.717, 1.165) is 12.6 Å². The second-order valence-electron chi connectivity index (χ2n) is 5.18. The highest BCUT2D eigenvalue weighted by molar-refractivity contribution is 6.74. The predicted molar refractivity (Wildman–Crippen MR) is 72.6 cm³/mol. The molecule has 1 saturated heterocycles. The van der Waals surface area contributed by atoms with Gasteiger partial charge >= 0.3 is 6.98 Å². The molecule has 1 aliphatic heterocycles. The standard InChI is InChI=1S/C13H18BF3NO2/c1-10-3-4-13(12(7-10)14(15,16)17)20-9-11-8-18(2)5-6-19-11/h3-4,7,11H,5-6,8-9H2,1-2H3/q-1. The predicted octanol–water partition coefficient (Wildman–Crippen LogP) is 1.76. The van der Waals surface area contributed by atoms with E-state index >= 15 is 0 Å². The van der Waals surface area contributed by atoms with Crippen LogP contribution >= 0.6 is 0 Å². The summed E-state index contributed by atoms with van der Waals surface area (Å²) >= 11 is 0. The van der Waals surface area contributed by atoms with Gasteiger partial charge in [-0.1, -0.05) is 23.2 Å². The van der Waals surface area contributed by atoms with Gasteiger partial charge in [0.2, 0.25) is 0 Å². The number of morpholine rings is 1. The van der Waals surface area contributed by atoms with Crippen molar-refractivity contribution in [3.8, 4) is 5.75 Å². The first-order chi connectivity index (χ1) is 9.36. The third kappa shape index (κ3) is 3.90. The van der Waals surface area contributed by atoms with E-state index in [-0.39, 0.29) is 18.5 Å². The van der Waals surface area contributed by atoms with Crippen LogP contribution in [-0.2, 0) is 4.74 Å². The summed E-state index contributed by atoms with van der Waals surface area (Å²) in [5, 5.41) is 0. The zero-order valence-electron chi connectivity index (χ0n) is 11.6. The fraction of sp³-hybridized carbons (Fsp3) is 0.538. The van der Waals surface area contributed by atoms with E-state index in [9.17, 15) is 12.9 Å². The molecular weight excluding hydrogens is 270 g/mol. The molecular formula is C13H18BF3NO2-. The Hall–Kier alpha value is -1.21. The van der Waals surface area contributed by atoms with Crippen LogP contribution in [0.15, 0.2) is 18.2 Å². The minimum atomic E-state index is -5.07. The zero-order valence-corrected chi connectivity index (χ0v) is 11.6. The van der Waals surface area contributed by atoms with Crippen LogP contribution in [0.1, 0.15) is 5.56 Å². The van der Waals surface area contributed by atoms with Crippen molar-refractivity contribution < 1.29 is 22.4 Å². The quantitative estimate of drug-likeness (QED) is 0.788. The van der Waals surface area contributed by atoms with E-state index < -0.39 is 12.4 Å². The lowest BCUT2D eigenvalue weighted by Gasteiger charge is -2.30.